The molecule has 3 nitrogen and oxygen atoms in total. The standard InChI is InChI=1S/C20H19N3/c1-2-8-20-17(6-1)16(14-23-20)10-12-21-13-15-5-3-9-19-18(15)7-4-11-22-19/h1-9,11,14,21,23H,10,12-13H2. The third-order valence-corrected chi connectivity index (χ3v) is 4.30. The van der Waals surface area contributed by atoms with Crippen LogP contribution in [-0.2, 0) is 13.0 Å². The van der Waals surface area contributed by atoms with Crippen LogP contribution in [0.15, 0.2) is 67.0 Å². The predicted octanol–water partition coefficient (Wildman–Crippen LogP) is 4.05. The van der Waals surface area contributed by atoms with Crippen LogP contribution in [0.4, 0.5) is 0 Å². The Morgan fingerprint density at radius 1 is 0.870 bits per heavy atom. The highest BCUT2D eigenvalue weighted by atomic mass is 14.8. The lowest BCUT2D eigenvalue weighted by atomic mass is 10.1. The molecule has 0 saturated carbocycles. The summed E-state index contributed by atoms with van der Waals surface area (Å²) in [7, 11) is 0. The minimum absolute atomic E-state index is 0.866. The van der Waals surface area contributed by atoms with Crippen LogP contribution in [0, 0.1) is 0 Å². The van der Waals surface area contributed by atoms with Gasteiger partial charge in [0.2, 0.25) is 0 Å². The van der Waals surface area contributed by atoms with Gasteiger partial charge in [-0.1, -0.05) is 36.4 Å². The van der Waals surface area contributed by atoms with Crippen molar-refractivity contribution in [3.05, 3.63) is 78.1 Å². The highest BCUT2D eigenvalue weighted by Crippen LogP contribution is 2.18. The number of rotatable bonds is 5. The monoisotopic (exact) mass is 301 g/mol. The van der Waals surface area contributed by atoms with Gasteiger partial charge in [-0.05, 0) is 42.3 Å². The van der Waals surface area contributed by atoms with E-state index in [4.69, 9.17) is 0 Å². The van der Waals surface area contributed by atoms with Gasteiger partial charge in [-0.25, -0.2) is 0 Å². The van der Waals surface area contributed by atoms with Crippen LogP contribution in [0.5, 0.6) is 0 Å². The molecule has 0 aliphatic carbocycles. The molecule has 0 aliphatic heterocycles. The fraction of sp³-hybridized carbons (Fsp3) is 0.150. The smallest absolute Gasteiger partial charge is 0.0705 e. The Kier molecular flexibility index (Phi) is 3.78. The SMILES string of the molecule is c1cc(CNCCc2c[nH]c3ccccc23)c2cccnc2c1. The maximum absolute atomic E-state index is 4.41. The van der Waals surface area contributed by atoms with E-state index in [-0.39, 0.29) is 0 Å². The van der Waals surface area contributed by atoms with E-state index in [0.717, 1.165) is 25.0 Å². The summed E-state index contributed by atoms with van der Waals surface area (Å²) in [5, 5.41) is 6.11. The largest absolute Gasteiger partial charge is 0.361 e. The van der Waals surface area contributed by atoms with E-state index in [9.17, 15) is 0 Å². The highest BCUT2D eigenvalue weighted by molar-refractivity contribution is 5.83. The van der Waals surface area contributed by atoms with Gasteiger partial charge >= 0.3 is 0 Å². The van der Waals surface area contributed by atoms with E-state index in [1.54, 1.807) is 0 Å². The van der Waals surface area contributed by atoms with Crippen molar-refractivity contribution < 1.29 is 0 Å². The van der Waals surface area contributed by atoms with Crippen LogP contribution < -0.4 is 5.32 Å². The number of hydrogen-bond acceptors (Lipinski definition) is 2. The highest BCUT2D eigenvalue weighted by Gasteiger charge is 2.03. The Bertz CT molecular complexity index is 934. The lowest BCUT2D eigenvalue weighted by Gasteiger charge is -2.07. The number of nitrogens with zero attached hydrogens (tertiary/aromatic N) is 1. The summed E-state index contributed by atoms with van der Waals surface area (Å²) in [4.78, 5) is 7.75. The summed E-state index contributed by atoms with van der Waals surface area (Å²) in [6.07, 6.45) is 4.98. The molecule has 2 N–H and O–H groups in total. The molecule has 23 heavy (non-hydrogen) atoms. The minimum atomic E-state index is 0.866. The average molecular weight is 301 g/mol. The first kappa shape index (κ1) is 14.0. The van der Waals surface area contributed by atoms with Crippen molar-refractivity contribution in [2.24, 2.45) is 0 Å². The molecule has 0 fully saturated rings. The molecular formula is C20H19N3. The molecule has 2 heterocycles. The summed E-state index contributed by atoms with van der Waals surface area (Å²) < 4.78 is 0. The summed E-state index contributed by atoms with van der Waals surface area (Å²) in [5.74, 6) is 0. The molecule has 0 spiro atoms. The van der Waals surface area contributed by atoms with Gasteiger partial charge in [0, 0.05) is 35.2 Å². The Morgan fingerprint density at radius 2 is 1.78 bits per heavy atom. The van der Waals surface area contributed by atoms with Crippen molar-refractivity contribution in [3.8, 4) is 0 Å². The zero-order valence-corrected chi connectivity index (χ0v) is 12.9. The Balaban J connectivity index is 1.42. The second-order valence-corrected chi connectivity index (χ2v) is 5.77. The van der Waals surface area contributed by atoms with Gasteiger partial charge in [0.1, 0.15) is 0 Å². The molecule has 114 valence electrons. The minimum Gasteiger partial charge on any atom is -0.361 e. The maximum atomic E-state index is 4.41. The van der Waals surface area contributed by atoms with Gasteiger partial charge in [-0.15, -0.1) is 0 Å². The normalized spacial score (nSPS) is 11.3. The lowest BCUT2D eigenvalue weighted by Crippen LogP contribution is -2.16. The first-order chi connectivity index (χ1) is 11.4. The number of aromatic nitrogens is 2. The van der Waals surface area contributed by atoms with Crippen molar-refractivity contribution in [2.75, 3.05) is 6.54 Å². The Labute approximate surface area is 135 Å². The second-order valence-electron chi connectivity index (χ2n) is 5.77. The van der Waals surface area contributed by atoms with E-state index in [2.05, 4.69) is 70.0 Å². The molecular weight excluding hydrogens is 282 g/mol. The number of hydrogen-bond donors (Lipinski definition) is 2. The van der Waals surface area contributed by atoms with Crippen molar-refractivity contribution in [1.29, 1.82) is 0 Å². The molecule has 0 bridgehead atoms. The molecule has 0 unspecified atom stereocenters. The fourth-order valence-electron chi connectivity index (χ4n) is 3.11. The maximum Gasteiger partial charge on any atom is 0.0705 e. The molecule has 0 aliphatic rings. The number of fused-ring (bicyclic) bond motifs is 2. The van der Waals surface area contributed by atoms with E-state index < -0.39 is 0 Å². The Hall–Kier alpha value is -2.65. The zero-order chi connectivity index (χ0) is 15.5. The van der Waals surface area contributed by atoms with Gasteiger partial charge < -0.3 is 10.3 Å². The third-order valence-electron chi connectivity index (χ3n) is 4.30. The van der Waals surface area contributed by atoms with Crippen LogP contribution in [0.2, 0.25) is 0 Å². The predicted molar refractivity (Wildman–Crippen MR) is 95.5 cm³/mol. The van der Waals surface area contributed by atoms with E-state index >= 15 is 0 Å². The van der Waals surface area contributed by atoms with Crippen molar-refractivity contribution in [1.82, 2.24) is 15.3 Å². The van der Waals surface area contributed by atoms with Crippen LogP contribution in [0.1, 0.15) is 11.1 Å². The van der Waals surface area contributed by atoms with Crippen LogP contribution >= 0.6 is 0 Å². The number of H-pyrrole nitrogens is 1. The van der Waals surface area contributed by atoms with Crippen LogP contribution in [0.3, 0.4) is 0 Å². The second kappa shape index (κ2) is 6.23. The summed E-state index contributed by atoms with van der Waals surface area (Å²) >= 11 is 0. The molecule has 2 aromatic heterocycles. The zero-order valence-electron chi connectivity index (χ0n) is 12.9. The number of nitrogens with one attached hydrogen (secondary N) is 2. The van der Waals surface area contributed by atoms with Gasteiger partial charge in [0.05, 0.1) is 5.52 Å². The first-order valence-electron chi connectivity index (χ1n) is 8.00. The van der Waals surface area contributed by atoms with E-state index in [0.29, 0.717) is 0 Å². The summed E-state index contributed by atoms with van der Waals surface area (Å²) in [5.41, 5.74) is 4.94. The summed E-state index contributed by atoms with van der Waals surface area (Å²) in [6.45, 7) is 1.82. The molecule has 0 atom stereocenters. The van der Waals surface area contributed by atoms with Gasteiger partial charge in [-0.3, -0.25) is 4.98 Å². The molecule has 3 heteroatoms. The number of para-hydroxylation sites is 1. The van der Waals surface area contributed by atoms with Gasteiger partial charge in [0.25, 0.3) is 0 Å². The van der Waals surface area contributed by atoms with Crippen LogP contribution in [0.25, 0.3) is 21.8 Å². The van der Waals surface area contributed by atoms with Crippen LogP contribution in [-0.4, -0.2) is 16.5 Å². The van der Waals surface area contributed by atoms with Crippen molar-refractivity contribution >= 4 is 21.8 Å². The Morgan fingerprint density at radius 3 is 2.78 bits per heavy atom. The molecule has 0 saturated heterocycles. The first-order valence-corrected chi connectivity index (χ1v) is 8.00. The number of aromatic amines is 1. The molecule has 0 radical (unpaired) electrons. The molecule has 4 aromatic rings. The third kappa shape index (κ3) is 2.83. The van der Waals surface area contributed by atoms with Gasteiger partial charge in [0.15, 0.2) is 0 Å². The fourth-order valence-corrected chi connectivity index (χ4v) is 3.11. The van der Waals surface area contributed by atoms with Crippen molar-refractivity contribution in [2.45, 2.75) is 13.0 Å². The molecule has 4 rings (SSSR count). The number of pyridine rings is 1. The molecule has 0 amide bonds. The number of benzene rings is 2. The van der Waals surface area contributed by atoms with Gasteiger partial charge in [-0.2, -0.15) is 0 Å². The lowest BCUT2D eigenvalue weighted by molar-refractivity contribution is 0.691. The quantitative estimate of drug-likeness (QED) is 0.546. The van der Waals surface area contributed by atoms with Crippen molar-refractivity contribution in [3.63, 3.8) is 0 Å². The topological polar surface area (TPSA) is 40.7 Å². The van der Waals surface area contributed by atoms with E-state index in [1.807, 2.05) is 12.3 Å². The average Bonchev–Trinajstić information content (AvgIpc) is 3.02. The molecule has 2 aromatic carbocycles. The summed E-state index contributed by atoms with van der Waals surface area (Å²) in [6, 6.07) is 18.9. The van der Waals surface area contributed by atoms with E-state index in [1.165, 1.54) is 27.4 Å².